The highest BCUT2D eigenvalue weighted by Gasteiger charge is 2.21. The molecule has 0 aliphatic carbocycles. The third-order valence-electron chi connectivity index (χ3n) is 7.39. The van der Waals surface area contributed by atoms with Crippen LogP contribution in [0.3, 0.4) is 0 Å². The maximum absolute atomic E-state index is 11.5. The molecule has 0 spiro atoms. The van der Waals surface area contributed by atoms with Crippen LogP contribution in [-0.2, 0) is 17.9 Å². The highest BCUT2D eigenvalue weighted by molar-refractivity contribution is 6.39. The van der Waals surface area contributed by atoms with Gasteiger partial charge in [0.15, 0.2) is 11.6 Å². The standard InChI is InChI=1S/C32H35Cl2N7O4/c1-44-30-19(16-35-14-15-42)10-12-38-31(30)40-25-5-3-4-23(27(25)33)29-28(34)22(11-13-37-29)24-8-6-20(32(41-24)45-2)17-36-18-21-7-9-26(43)39-21/h3-6,8,10-13,21,35-36,42H,7,9,14-18H2,1-2H3,(H,38,40)(H,39,43)/t21-/m1/s1. The van der Waals surface area contributed by atoms with E-state index in [1.54, 1.807) is 32.7 Å². The number of methoxy groups -OCH3 is 2. The summed E-state index contributed by atoms with van der Waals surface area (Å²) in [7, 11) is 3.16. The fraction of sp³-hybridized carbons (Fsp3) is 0.312. The van der Waals surface area contributed by atoms with Gasteiger partial charge >= 0.3 is 0 Å². The number of aliphatic hydroxyl groups excluding tert-OH is 1. The number of rotatable bonds is 14. The summed E-state index contributed by atoms with van der Waals surface area (Å²) in [6, 6.07) is 13.2. The number of aromatic nitrogens is 3. The van der Waals surface area contributed by atoms with Gasteiger partial charge in [-0.3, -0.25) is 9.78 Å². The van der Waals surface area contributed by atoms with Gasteiger partial charge in [0.05, 0.1) is 47.9 Å². The second-order valence-corrected chi connectivity index (χ2v) is 11.1. The number of anilines is 2. The van der Waals surface area contributed by atoms with Crippen molar-refractivity contribution in [1.82, 2.24) is 30.9 Å². The fourth-order valence-electron chi connectivity index (χ4n) is 5.16. The first-order valence-electron chi connectivity index (χ1n) is 14.5. The zero-order valence-corrected chi connectivity index (χ0v) is 26.5. The molecule has 1 aromatic carbocycles. The molecule has 5 N–H and O–H groups in total. The average Bonchev–Trinajstić information content (AvgIpc) is 3.47. The minimum Gasteiger partial charge on any atom is -0.493 e. The maximum Gasteiger partial charge on any atom is 0.220 e. The van der Waals surface area contributed by atoms with Crippen LogP contribution in [0, 0.1) is 0 Å². The Morgan fingerprint density at radius 1 is 0.956 bits per heavy atom. The molecule has 0 radical (unpaired) electrons. The number of benzene rings is 1. The van der Waals surface area contributed by atoms with Gasteiger partial charge in [-0.1, -0.05) is 41.4 Å². The van der Waals surface area contributed by atoms with E-state index >= 15 is 0 Å². The number of hydrogen-bond acceptors (Lipinski definition) is 10. The Morgan fingerprint density at radius 2 is 1.78 bits per heavy atom. The lowest BCUT2D eigenvalue weighted by Crippen LogP contribution is -2.35. The number of carbonyl (C=O) groups is 1. The molecule has 1 aliphatic rings. The summed E-state index contributed by atoms with van der Waals surface area (Å²) in [6.07, 6.45) is 4.74. The Labute approximate surface area is 271 Å². The number of carbonyl (C=O) groups excluding carboxylic acids is 1. The van der Waals surface area contributed by atoms with Crippen molar-refractivity contribution in [3.63, 3.8) is 0 Å². The van der Waals surface area contributed by atoms with E-state index in [2.05, 4.69) is 31.2 Å². The van der Waals surface area contributed by atoms with E-state index in [0.29, 0.717) is 88.3 Å². The smallest absolute Gasteiger partial charge is 0.220 e. The molecule has 236 valence electrons. The second-order valence-electron chi connectivity index (χ2n) is 10.4. The van der Waals surface area contributed by atoms with Gasteiger partial charge in [-0.2, -0.15) is 0 Å². The number of nitrogens with zero attached hydrogens (tertiary/aromatic N) is 3. The minimum atomic E-state index is 0.0361. The molecule has 1 aliphatic heterocycles. The average molecular weight is 653 g/mol. The molecule has 4 aromatic rings. The van der Waals surface area contributed by atoms with E-state index in [1.807, 2.05) is 36.4 Å². The van der Waals surface area contributed by atoms with Gasteiger partial charge in [0.25, 0.3) is 0 Å². The molecular formula is C32H35Cl2N7O4. The number of hydrogen-bond donors (Lipinski definition) is 5. The molecule has 13 heteroatoms. The van der Waals surface area contributed by atoms with Gasteiger partial charge in [-0.05, 0) is 30.7 Å². The molecule has 1 fully saturated rings. The van der Waals surface area contributed by atoms with Crippen molar-refractivity contribution < 1.29 is 19.4 Å². The molecule has 1 amide bonds. The van der Waals surface area contributed by atoms with E-state index in [-0.39, 0.29) is 18.6 Å². The van der Waals surface area contributed by atoms with Crippen molar-refractivity contribution in [3.05, 3.63) is 76.0 Å². The number of amides is 1. The Hall–Kier alpha value is -4.00. The predicted molar refractivity (Wildman–Crippen MR) is 175 cm³/mol. The number of aliphatic hydroxyl groups is 1. The molecule has 1 saturated heterocycles. The van der Waals surface area contributed by atoms with Crippen molar-refractivity contribution >= 4 is 40.6 Å². The van der Waals surface area contributed by atoms with Crippen LogP contribution in [0.4, 0.5) is 11.5 Å². The fourth-order valence-corrected chi connectivity index (χ4v) is 5.73. The van der Waals surface area contributed by atoms with Crippen LogP contribution in [0.2, 0.25) is 10.0 Å². The van der Waals surface area contributed by atoms with Crippen molar-refractivity contribution in [2.75, 3.05) is 39.2 Å². The zero-order valence-electron chi connectivity index (χ0n) is 25.0. The van der Waals surface area contributed by atoms with Crippen LogP contribution in [0.5, 0.6) is 11.6 Å². The monoisotopic (exact) mass is 651 g/mol. The maximum atomic E-state index is 11.5. The van der Waals surface area contributed by atoms with Gasteiger partial charge in [0.1, 0.15) is 0 Å². The van der Waals surface area contributed by atoms with Crippen LogP contribution >= 0.6 is 23.2 Å². The Morgan fingerprint density at radius 3 is 2.53 bits per heavy atom. The van der Waals surface area contributed by atoms with Crippen LogP contribution in [0.25, 0.3) is 22.5 Å². The lowest BCUT2D eigenvalue weighted by Gasteiger charge is -2.17. The summed E-state index contributed by atoms with van der Waals surface area (Å²) in [5.74, 6) is 1.62. The van der Waals surface area contributed by atoms with Gasteiger partial charge in [-0.25, -0.2) is 9.97 Å². The van der Waals surface area contributed by atoms with Crippen LogP contribution in [0.15, 0.2) is 54.9 Å². The van der Waals surface area contributed by atoms with Crippen LogP contribution < -0.4 is 30.7 Å². The summed E-state index contributed by atoms with van der Waals surface area (Å²) in [6.45, 7) is 2.20. The number of nitrogens with one attached hydrogen (secondary N) is 4. The normalized spacial score (nSPS) is 14.3. The van der Waals surface area contributed by atoms with Crippen molar-refractivity contribution in [2.24, 2.45) is 0 Å². The number of halogens is 2. The second kappa shape index (κ2) is 15.3. The van der Waals surface area contributed by atoms with E-state index in [1.165, 1.54) is 0 Å². The Balaban J connectivity index is 1.38. The topological polar surface area (TPSA) is 143 Å². The zero-order chi connectivity index (χ0) is 31.8. The molecule has 5 rings (SSSR count). The van der Waals surface area contributed by atoms with Crippen molar-refractivity contribution in [3.8, 4) is 34.1 Å². The molecular weight excluding hydrogens is 617 g/mol. The van der Waals surface area contributed by atoms with E-state index < -0.39 is 0 Å². The Kier molecular flexibility index (Phi) is 11.0. The summed E-state index contributed by atoms with van der Waals surface area (Å²) in [5.41, 5.74) is 4.77. The summed E-state index contributed by atoms with van der Waals surface area (Å²) in [4.78, 5) is 25.2. The lowest BCUT2D eigenvalue weighted by atomic mass is 10.1. The Bertz CT molecular complexity index is 1660. The number of ether oxygens (including phenoxy) is 2. The van der Waals surface area contributed by atoms with Gasteiger partial charge in [-0.15, -0.1) is 0 Å². The molecule has 45 heavy (non-hydrogen) atoms. The van der Waals surface area contributed by atoms with Crippen LogP contribution in [0.1, 0.15) is 24.0 Å². The van der Waals surface area contributed by atoms with Gasteiger partial charge in [0.2, 0.25) is 11.8 Å². The molecule has 0 saturated carbocycles. The number of pyridine rings is 3. The third kappa shape index (κ3) is 7.63. The molecule has 4 heterocycles. The quantitative estimate of drug-likeness (QED) is 0.122. The SMILES string of the molecule is COc1nc(-c2ccnc(-c3cccc(Nc4nccc(CNCCO)c4OC)c3Cl)c2Cl)ccc1CNC[C@H]1CCC(=O)N1. The molecule has 1 atom stereocenters. The summed E-state index contributed by atoms with van der Waals surface area (Å²) < 4.78 is 11.3. The molecule has 3 aromatic heterocycles. The van der Waals surface area contributed by atoms with Gasteiger partial charge in [0, 0.05) is 73.3 Å². The first kappa shape index (κ1) is 32.4. The molecule has 11 nitrogen and oxygen atoms in total. The van der Waals surface area contributed by atoms with Gasteiger partial charge < -0.3 is 35.8 Å². The minimum absolute atomic E-state index is 0.0361. The van der Waals surface area contributed by atoms with E-state index in [0.717, 1.165) is 17.5 Å². The van der Waals surface area contributed by atoms with Crippen molar-refractivity contribution in [2.45, 2.75) is 32.0 Å². The lowest BCUT2D eigenvalue weighted by molar-refractivity contribution is -0.119. The highest BCUT2D eigenvalue weighted by Crippen LogP contribution is 2.41. The molecule has 0 bridgehead atoms. The first-order chi connectivity index (χ1) is 21.9. The summed E-state index contributed by atoms with van der Waals surface area (Å²) in [5, 5.41) is 22.7. The van der Waals surface area contributed by atoms with E-state index in [9.17, 15) is 4.79 Å². The third-order valence-corrected chi connectivity index (χ3v) is 8.18. The predicted octanol–water partition coefficient (Wildman–Crippen LogP) is 4.72. The van der Waals surface area contributed by atoms with E-state index in [4.69, 9.17) is 42.8 Å². The first-order valence-corrected chi connectivity index (χ1v) is 15.3. The van der Waals surface area contributed by atoms with Crippen LogP contribution in [-0.4, -0.2) is 65.9 Å². The summed E-state index contributed by atoms with van der Waals surface area (Å²) >= 11 is 13.9. The van der Waals surface area contributed by atoms with Crippen molar-refractivity contribution in [1.29, 1.82) is 0 Å². The highest BCUT2D eigenvalue weighted by atomic mass is 35.5. The largest absolute Gasteiger partial charge is 0.493 e. The molecule has 0 unspecified atom stereocenters.